The Morgan fingerprint density at radius 1 is 1.28 bits per heavy atom. The molecule has 0 radical (unpaired) electrons. The van der Waals surface area contributed by atoms with Gasteiger partial charge in [0.15, 0.2) is 0 Å². The molecule has 7 nitrogen and oxygen atoms in total. The van der Waals surface area contributed by atoms with E-state index in [4.69, 9.17) is 9.84 Å². The Labute approximate surface area is 192 Å². The average molecular weight is 442 g/mol. The van der Waals surface area contributed by atoms with E-state index in [1.165, 1.54) is 29.7 Å². The number of aliphatic imine (C=N–C) groups is 1. The van der Waals surface area contributed by atoms with E-state index in [9.17, 15) is 5.11 Å². The summed E-state index contributed by atoms with van der Waals surface area (Å²) >= 11 is 0. The Kier molecular flexibility index (Phi) is 7.17. The molecule has 1 saturated carbocycles. The van der Waals surface area contributed by atoms with Crippen LogP contribution in [-0.4, -0.2) is 72.4 Å². The standard InChI is InChI=1S/C25H39N5O2/c1-16(15-32-5)27-25(26-3)28-30-17(2)23(14-24(30)18-6-10-22(31)11-7-18)19-12-20-8-9-21(13-19)29(20)4/h12,14,16,18,20-22,31H,3,6-11,13,15H2,1-2,4-5H3,(H,27,28)/t16-,18-,20+,21-,22-/m0/s1. The molecular weight excluding hydrogens is 402 g/mol. The van der Waals surface area contributed by atoms with Crippen molar-refractivity contribution in [2.24, 2.45) is 10.1 Å². The van der Waals surface area contributed by atoms with Crippen LogP contribution >= 0.6 is 0 Å². The fourth-order valence-electron chi connectivity index (χ4n) is 5.70. The lowest BCUT2D eigenvalue weighted by Crippen LogP contribution is -2.35. The molecule has 0 aromatic carbocycles. The molecule has 1 aromatic heterocycles. The fourth-order valence-corrected chi connectivity index (χ4v) is 5.70. The van der Waals surface area contributed by atoms with Crippen molar-refractivity contribution in [1.29, 1.82) is 0 Å². The van der Waals surface area contributed by atoms with E-state index < -0.39 is 0 Å². The van der Waals surface area contributed by atoms with Crippen LogP contribution in [0.25, 0.3) is 5.57 Å². The maximum absolute atomic E-state index is 10.0. The first kappa shape index (κ1) is 23.2. The molecule has 2 aliphatic heterocycles. The van der Waals surface area contributed by atoms with Crippen molar-refractivity contribution in [2.45, 2.75) is 88.9 Å². The number of methoxy groups -OCH3 is 1. The van der Waals surface area contributed by atoms with Crippen molar-refractivity contribution in [3.8, 4) is 0 Å². The summed E-state index contributed by atoms with van der Waals surface area (Å²) in [6.07, 6.45) is 9.59. The lowest BCUT2D eigenvalue weighted by molar-refractivity contribution is 0.121. The third-order valence-electron chi connectivity index (χ3n) is 7.59. The predicted molar refractivity (Wildman–Crippen MR) is 130 cm³/mol. The van der Waals surface area contributed by atoms with E-state index in [2.05, 4.69) is 52.7 Å². The molecule has 0 amide bonds. The summed E-state index contributed by atoms with van der Waals surface area (Å²) in [6, 6.07) is 3.63. The van der Waals surface area contributed by atoms with Crippen molar-refractivity contribution in [3.05, 3.63) is 29.1 Å². The van der Waals surface area contributed by atoms with Gasteiger partial charge in [0.1, 0.15) is 0 Å². The Morgan fingerprint density at radius 3 is 2.69 bits per heavy atom. The van der Waals surface area contributed by atoms with Crippen molar-refractivity contribution >= 4 is 18.3 Å². The van der Waals surface area contributed by atoms with Crippen LogP contribution in [0, 0.1) is 6.92 Å². The molecule has 3 heterocycles. The summed E-state index contributed by atoms with van der Waals surface area (Å²) in [5.74, 6) is 0.898. The van der Waals surface area contributed by atoms with Crippen molar-refractivity contribution in [3.63, 3.8) is 0 Å². The van der Waals surface area contributed by atoms with E-state index in [1.54, 1.807) is 7.11 Å². The molecule has 176 valence electrons. The maximum Gasteiger partial charge on any atom is 0.240 e. The topological polar surface area (TPSA) is 74.4 Å². The Bertz CT molecular complexity index is 881. The van der Waals surface area contributed by atoms with Gasteiger partial charge >= 0.3 is 0 Å². The number of aromatic nitrogens is 1. The van der Waals surface area contributed by atoms with Crippen molar-refractivity contribution in [1.82, 2.24) is 14.9 Å². The number of nitrogens with one attached hydrogen (secondary N) is 1. The number of aliphatic hydroxyl groups is 1. The Balaban J connectivity index is 1.71. The number of ether oxygens (including phenoxy) is 1. The normalized spacial score (nSPS) is 29.7. The van der Waals surface area contributed by atoms with Crippen LogP contribution in [0.15, 0.2) is 22.2 Å². The van der Waals surface area contributed by atoms with Crippen molar-refractivity contribution in [2.75, 3.05) is 20.8 Å². The SMILES string of the molecule is C=N/C(=N\n1c(C)c(C2=C[C@H]3CC[C@@H](C2)N3C)cc1[C@H]1CC[C@H](O)CC1)N[C@@H](C)COC. The van der Waals surface area contributed by atoms with Crippen LogP contribution in [0.5, 0.6) is 0 Å². The van der Waals surface area contributed by atoms with E-state index in [-0.39, 0.29) is 12.1 Å². The van der Waals surface area contributed by atoms with Gasteiger partial charge in [-0.15, -0.1) is 5.10 Å². The molecule has 0 spiro atoms. The first-order valence-corrected chi connectivity index (χ1v) is 12.1. The van der Waals surface area contributed by atoms with Gasteiger partial charge in [0.2, 0.25) is 5.96 Å². The average Bonchev–Trinajstić information content (AvgIpc) is 3.17. The van der Waals surface area contributed by atoms with Crippen LogP contribution in [0.4, 0.5) is 0 Å². The lowest BCUT2D eigenvalue weighted by atomic mass is 9.85. The van der Waals surface area contributed by atoms with Crippen LogP contribution in [0.2, 0.25) is 0 Å². The number of rotatable bonds is 6. The molecule has 1 aromatic rings. The van der Waals surface area contributed by atoms with E-state index >= 15 is 0 Å². The number of aliphatic hydroxyl groups excluding tert-OH is 1. The number of nitrogens with zero attached hydrogens (tertiary/aromatic N) is 4. The summed E-state index contributed by atoms with van der Waals surface area (Å²) in [5, 5.41) is 18.3. The molecule has 4 rings (SSSR count). The van der Waals surface area contributed by atoms with Gasteiger partial charge in [-0.1, -0.05) is 6.08 Å². The smallest absolute Gasteiger partial charge is 0.240 e. The maximum atomic E-state index is 10.0. The third-order valence-corrected chi connectivity index (χ3v) is 7.59. The highest BCUT2D eigenvalue weighted by molar-refractivity contribution is 5.84. The van der Waals surface area contributed by atoms with Gasteiger partial charge in [-0.3, -0.25) is 4.90 Å². The van der Waals surface area contributed by atoms with Crippen molar-refractivity contribution < 1.29 is 9.84 Å². The van der Waals surface area contributed by atoms with E-state index in [0.717, 1.165) is 37.8 Å². The van der Waals surface area contributed by atoms with Gasteiger partial charge in [-0.05, 0) is 84.2 Å². The predicted octanol–water partition coefficient (Wildman–Crippen LogP) is 3.51. The number of hydrogen-bond acceptors (Lipinski definition) is 4. The van der Waals surface area contributed by atoms with Gasteiger partial charge in [0.25, 0.3) is 0 Å². The zero-order chi connectivity index (χ0) is 22.8. The van der Waals surface area contributed by atoms with E-state index in [0.29, 0.717) is 30.6 Å². The molecule has 3 atom stereocenters. The summed E-state index contributed by atoms with van der Waals surface area (Å²) in [6.45, 7) is 8.52. The summed E-state index contributed by atoms with van der Waals surface area (Å²) < 4.78 is 7.33. The lowest BCUT2D eigenvalue weighted by Gasteiger charge is -2.30. The van der Waals surface area contributed by atoms with Gasteiger partial charge in [0.05, 0.1) is 12.7 Å². The highest BCUT2D eigenvalue weighted by atomic mass is 16.5. The molecule has 2 N–H and O–H groups in total. The monoisotopic (exact) mass is 441 g/mol. The molecule has 1 aliphatic carbocycles. The zero-order valence-electron chi connectivity index (χ0n) is 20.0. The first-order chi connectivity index (χ1) is 15.4. The van der Waals surface area contributed by atoms with Gasteiger partial charge in [0, 0.05) is 48.1 Å². The molecular formula is C25H39N5O2. The Hall–Kier alpha value is -1.96. The van der Waals surface area contributed by atoms with E-state index in [1.807, 2.05) is 6.92 Å². The fraction of sp³-hybridized carbons (Fsp3) is 0.680. The molecule has 0 unspecified atom stereocenters. The van der Waals surface area contributed by atoms with Crippen LogP contribution in [0.3, 0.4) is 0 Å². The minimum atomic E-state index is -0.173. The minimum absolute atomic E-state index is 0.0834. The molecule has 3 aliphatic rings. The second kappa shape index (κ2) is 9.89. The van der Waals surface area contributed by atoms with Crippen LogP contribution < -0.4 is 5.32 Å². The highest BCUT2D eigenvalue weighted by Crippen LogP contribution is 2.41. The van der Waals surface area contributed by atoms with Crippen LogP contribution in [0.1, 0.15) is 74.7 Å². The summed E-state index contributed by atoms with van der Waals surface area (Å²) in [7, 11) is 3.95. The molecule has 1 saturated heterocycles. The number of hydrogen-bond donors (Lipinski definition) is 2. The highest BCUT2D eigenvalue weighted by Gasteiger charge is 2.35. The third kappa shape index (κ3) is 4.70. The molecule has 2 bridgehead atoms. The number of likely N-dealkylation sites (N-methyl/N-ethyl adjacent to an activating group) is 1. The molecule has 7 heteroatoms. The molecule has 2 fully saturated rings. The quantitative estimate of drug-likeness (QED) is 0.523. The van der Waals surface area contributed by atoms with Crippen LogP contribution in [-0.2, 0) is 4.74 Å². The molecule has 32 heavy (non-hydrogen) atoms. The van der Waals surface area contributed by atoms with Gasteiger partial charge < -0.3 is 15.2 Å². The second-order valence-corrected chi connectivity index (χ2v) is 9.83. The second-order valence-electron chi connectivity index (χ2n) is 9.83. The van der Waals surface area contributed by atoms with Gasteiger partial charge in [-0.2, -0.15) is 0 Å². The van der Waals surface area contributed by atoms with Gasteiger partial charge in [-0.25, -0.2) is 9.67 Å². The zero-order valence-corrected chi connectivity index (χ0v) is 20.0. The summed E-state index contributed by atoms with van der Waals surface area (Å²) in [4.78, 5) is 6.69. The summed E-state index contributed by atoms with van der Waals surface area (Å²) in [5.41, 5.74) is 5.14. The first-order valence-electron chi connectivity index (χ1n) is 12.1. The minimum Gasteiger partial charge on any atom is -0.393 e. The number of guanidine groups is 1. The largest absolute Gasteiger partial charge is 0.393 e. The number of fused-ring (bicyclic) bond motifs is 2. The Morgan fingerprint density at radius 2 is 2.03 bits per heavy atom.